The summed E-state index contributed by atoms with van der Waals surface area (Å²) >= 11 is 5.99. The molecular formula is C29H24ClFN2O4. The predicted molar refractivity (Wildman–Crippen MR) is 141 cm³/mol. The number of carbonyl (C=O) groups is 1. The number of hydrogen-bond donors (Lipinski definition) is 2. The van der Waals surface area contributed by atoms with Crippen LogP contribution in [0.15, 0.2) is 88.9 Å². The Labute approximate surface area is 217 Å². The van der Waals surface area contributed by atoms with Gasteiger partial charge in [-0.15, -0.1) is 0 Å². The molecule has 37 heavy (non-hydrogen) atoms. The van der Waals surface area contributed by atoms with E-state index in [1.165, 1.54) is 16.7 Å². The molecule has 4 aromatic rings. The number of pyridine rings is 1. The van der Waals surface area contributed by atoms with Crippen molar-refractivity contribution in [1.29, 1.82) is 0 Å². The minimum atomic E-state index is -0.988. The molecule has 0 bridgehead atoms. The van der Waals surface area contributed by atoms with Gasteiger partial charge in [0.25, 0.3) is 0 Å². The average molecular weight is 519 g/mol. The van der Waals surface area contributed by atoms with Gasteiger partial charge in [-0.2, -0.15) is 0 Å². The van der Waals surface area contributed by atoms with E-state index in [-0.39, 0.29) is 22.6 Å². The molecule has 0 fully saturated rings. The number of halogens is 2. The molecular weight excluding hydrogens is 495 g/mol. The standard InChI is InChI=1S/C29H24ClFN2O4/c1-17-13-20(29(35)36)7-10-23(17)18-3-5-19(6-4-18)25(24-11-9-22(30)14-26(24)31)15-27(32-37)21-8-12-28(34)33(2)16-21/h3-14,16,25,37H,15H2,1-2H3,(H,35,36)/b32-27+/t25-/m1/s1. The minimum absolute atomic E-state index is 0.152. The van der Waals surface area contributed by atoms with E-state index in [4.69, 9.17) is 11.6 Å². The number of aromatic nitrogens is 1. The van der Waals surface area contributed by atoms with Gasteiger partial charge in [0.2, 0.25) is 5.56 Å². The molecule has 3 aromatic carbocycles. The summed E-state index contributed by atoms with van der Waals surface area (Å²) in [5.41, 5.74) is 4.57. The zero-order chi connectivity index (χ0) is 26.7. The van der Waals surface area contributed by atoms with Crippen molar-refractivity contribution in [2.75, 3.05) is 0 Å². The Morgan fingerprint density at radius 1 is 1.03 bits per heavy atom. The van der Waals surface area contributed by atoms with Crippen LogP contribution in [0.5, 0.6) is 0 Å². The summed E-state index contributed by atoms with van der Waals surface area (Å²) in [7, 11) is 1.60. The van der Waals surface area contributed by atoms with Crippen LogP contribution in [0.1, 0.15) is 45.0 Å². The van der Waals surface area contributed by atoms with Crippen molar-refractivity contribution < 1.29 is 19.5 Å². The molecule has 0 aliphatic heterocycles. The summed E-state index contributed by atoms with van der Waals surface area (Å²) in [5, 5.41) is 22.8. The first-order valence-corrected chi connectivity index (χ1v) is 11.8. The highest BCUT2D eigenvalue weighted by Crippen LogP contribution is 2.34. The molecule has 188 valence electrons. The topological polar surface area (TPSA) is 91.9 Å². The summed E-state index contributed by atoms with van der Waals surface area (Å²) in [5.74, 6) is -2.00. The van der Waals surface area contributed by atoms with E-state index in [2.05, 4.69) is 5.16 Å². The third kappa shape index (κ3) is 5.62. The van der Waals surface area contributed by atoms with Crippen LogP contribution in [0.4, 0.5) is 4.39 Å². The molecule has 0 amide bonds. The van der Waals surface area contributed by atoms with Gasteiger partial charge in [0, 0.05) is 42.2 Å². The maximum absolute atomic E-state index is 15.1. The first-order valence-electron chi connectivity index (χ1n) is 11.4. The van der Waals surface area contributed by atoms with Gasteiger partial charge < -0.3 is 14.9 Å². The van der Waals surface area contributed by atoms with E-state index in [1.807, 2.05) is 31.2 Å². The Morgan fingerprint density at radius 3 is 2.32 bits per heavy atom. The van der Waals surface area contributed by atoms with E-state index >= 15 is 4.39 Å². The number of carboxylic acids is 1. The molecule has 0 unspecified atom stereocenters. The zero-order valence-corrected chi connectivity index (χ0v) is 20.9. The van der Waals surface area contributed by atoms with Crippen LogP contribution in [0.25, 0.3) is 11.1 Å². The van der Waals surface area contributed by atoms with Gasteiger partial charge in [-0.25, -0.2) is 9.18 Å². The molecule has 1 atom stereocenters. The minimum Gasteiger partial charge on any atom is -0.478 e. The second kappa shape index (κ2) is 10.8. The van der Waals surface area contributed by atoms with Crippen molar-refractivity contribution >= 4 is 23.3 Å². The van der Waals surface area contributed by atoms with E-state index < -0.39 is 17.7 Å². The van der Waals surface area contributed by atoms with Crippen LogP contribution in [-0.2, 0) is 7.05 Å². The Morgan fingerprint density at radius 2 is 1.73 bits per heavy atom. The van der Waals surface area contributed by atoms with Crippen molar-refractivity contribution in [3.05, 3.63) is 128 Å². The highest BCUT2D eigenvalue weighted by molar-refractivity contribution is 6.30. The van der Waals surface area contributed by atoms with E-state index in [0.29, 0.717) is 16.8 Å². The fraction of sp³-hybridized carbons (Fsp3) is 0.138. The largest absolute Gasteiger partial charge is 0.478 e. The van der Waals surface area contributed by atoms with Crippen LogP contribution in [0.3, 0.4) is 0 Å². The second-order valence-electron chi connectivity index (χ2n) is 8.79. The molecule has 8 heteroatoms. The highest BCUT2D eigenvalue weighted by atomic mass is 35.5. The molecule has 1 heterocycles. The molecule has 0 aliphatic rings. The summed E-state index contributed by atoms with van der Waals surface area (Å²) in [6, 6.07) is 19.9. The quantitative estimate of drug-likeness (QED) is 0.172. The SMILES string of the molecule is Cc1cc(C(=O)O)ccc1-c1ccc([C@@H](C/C(=N\O)c2ccc(=O)n(C)c2)c2ccc(Cl)cc2F)cc1. The third-order valence-corrected chi connectivity index (χ3v) is 6.61. The van der Waals surface area contributed by atoms with E-state index in [0.717, 1.165) is 22.3 Å². The van der Waals surface area contributed by atoms with Gasteiger partial charge in [0.15, 0.2) is 0 Å². The van der Waals surface area contributed by atoms with Crippen LogP contribution in [0, 0.1) is 12.7 Å². The van der Waals surface area contributed by atoms with Crippen LogP contribution >= 0.6 is 11.6 Å². The molecule has 6 nitrogen and oxygen atoms in total. The number of carboxylic acid groups (broad SMARTS) is 1. The van der Waals surface area contributed by atoms with E-state index in [1.54, 1.807) is 49.6 Å². The second-order valence-corrected chi connectivity index (χ2v) is 9.23. The Bertz CT molecular complexity index is 1560. The summed E-state index contributed by atoms with van der Waals surface area (Å²) in [4.78, 5) is 23.1. The molecule has 0 radical (unpaired) electrons. The van der Waals surface area contributed by atoms with Gasteiger partial charge in [-0.1, -0.05) is 53.2 Å². The van der Waals surface area contributed by atoms with E-state index in [9.17, 15) is 19.9 Å². The third-order valence-electron chi connectivity index (χ3n) is 6.37. The molecule has 1 aromatic heterocycles. The smallest absolute Gasteiger partial charge is 0.335 e. The maximum atomic E-state index is 15.1. The lowest BCUT2D eigenvalue weighted by molar-refractivity contribution is 0.0696. The Balaban J connectivity index is 1.74. The van der Waals surface area contributed by atoms with Gasteiger partial charge in [-0.05, 0) is 65.1 Å². The Hall–Kier alpha value is -4.23. The number of benzene rings is 3. The molecule has 2 N–H and O–H groups in total. The first-order chi connectivity index (χ1) is 17.7. The fourth-order valence-electron chi connectivity index (χ4n) is 4.38. The van der Waals surface area contributed by atoms with Crippen molar-refractivity contribution in [2.45, 2.75) is 19.3 Å². The first kappa shape index (κ1) is 25.9. The molecule has 0 aliphatic carbocycles. The number of aromatic carboxylic acids is 1. The maximum Gasteiger partial charge on any atom is 0.335 e. The number of aryl methyl sites for hydroxylation is 2. The highest BCUT2D eigenvalue weighted by Gasteiger charge is 2.22. The average Bonchev–Trinajstić information content (AvgIpc) is 2.87. The van der Waals surface area contributed by atoms with Crippen LogP contribution in [0.2, 0.25) is 5.02 Å². The Kier molecular flexibility index (Phi) is 7.55. The number of rotatable bonds is 7. The molecule has 4 rings (SSSR count). The number of oxime groups is 1. The zero-order valence-electron chi connectivity index (χ0n) is 20.2. The van der Waals surface area contributed by atoms with Gasteiger partial charge in [0.1, 0.15) is 5.82 Å². The van der Waals surface area contributed by atoms with Crippen LogP contribution in [-0.4, -0.2) is 26.6 Å². The monoisotopic (exact) mass is 518 g/mol. The lowest BCUT2D eigenvalue weighted by Gasteiger charge is -2.20. The van der Waals surface area contributed by atoms with Gasteiger partial charge >= 0.3 is 5.97 Å². The number of hydrogen-bond acceptors (Lipinski definition) is 4. The lowest BCUT2D eigenvalue weighted by Crippen LogP contribution is -2.18. The van der Waals surface area contributed by atoms with Crippen molar-refractivity contribution in [1.82, 2.24) is 4.57 Å². The van der Waals surface area contributed by atoms with Crippen molar-refractivity contribution in [3.8, 4) is 11.1 Å². The lowest BCUT2D eigenvalue weighted by atomic mass is 9.84. The summed E-state index contributed by atoms with van der Waals surface area (Å²) < 4.78 is 16.5. The summed E-state index contributed by atoms with van der Waals surface area (Å²) in [6.07, 6.45) is 1.72. The van der Waals surface area contributed by atoms with Crippen LogP contribution < -0.4 is 5.56 Å². The van der Waals surface area contributed by atoms with Crippen molar-refractivity contribution in [2.24, 2.45) is 12.2 Å². The predicted octanol–water partition coefficient (Wildman–Crippen LogP) is 6.25. The summed E-state index contributed by atoms with van der Waals surface area (Å²) in [6.45, 7) is 1.85. The van der Waals surface area contributed by atoms with Crippen molar-refractivity contribution in [3.63, 3.8) is 0 Å². The number of nitrogens with zero attached hydrogens (tertiary/aromatic N) is 2. The molecule has 0 saturated carbocycles. The van der Waals surface area contributed by atoms with Gasteiger partial charge in [-0.3, -0.25) is 4.79 Å². The molecule has 0 spiro atoms. The van der Waals surface area contributed by atoms with Gasteiger partial charge in [0.05, 0.1) is 11.3 Å². The fourth-order valence-corrected chi connectivity index (χ4v) is 4.54. The molecule has 0 saturated heterocycles. The normalized spacial score (nSPS) is 12.4.